The van der Waals surface area contributed by atoms with Crippen LogP contribution in [0.4, 0.5) is 0 Å². The van der Waals surface area contributed by atoms with Gasteiger partial charge in [-0.3, -0.25) is 0 Å². The number of unbranched alkanes of at least 4 members (excludes halogenated alkanes) is 2. The predicted molar refractivity (Wildman–Crippen MR) is 108 cm³/mol. The summed E-state index contributed by atoms with van der Waals surface area (Å²) < 4.78 is 0. The summed E-state index contributed by atoms with van der Waals surface area (Å²) in [6.07, 6.45) is 7.42. The number of benzene rings is 2. The summed E-state index contributed by atoms with van der Waals surface area (Å²) in [5.74, 6) is 0. The minimum absolute atomic E-state index is 1.19. The van der Waals surface area contributed by atoms with Gasteiger partial charge in [-0.05, 0) is 97.9 Å². The van der Waals surface area contributed by atoms with E-state index < -0.39 is 0 Å². The van der Waals surface area contributed by atoms with Crippen LogP contribution >= 0.6 is 0 Å². The van der Waals surface area contributed by atoms with Crippen LogP contribution in [0.25, 0.3) is 11.1 Å². The Hall–Kier alpha value is -1.56. The minimum Gasteiger partial charge on any atom is -0.0654 e. The Morgan fingerprint density at radius 2 is 0.875 bits per heavy atom. The molecule has 0 saturated carbocycles. The first-order valence-corrected chi connectivity index (χ1v) is 9.68. The summed E-state index contributed by atoms with van der Waals surface area (Å²) in [4.78, 5) is 0. The van der Waals surface area contributed by atoms with E-state index in [9.17, 15) is 0 Å². The third-order valence-electron chi connectivity index (χ3n) is 5.33. The lowest BCUT2D eigenvalue weighted by Crippen LogP contribution is -1.99. The number of hydrogen-bond donors (Lipinski definition) is 0. The highest BCUT2D eigenvalue weighted by Gasteiger charge is 2.13. The molecule has 0 radical (unpaired) electrons. The zero-order chi connectivity index (χ0) is 17.7. The van der Waals surface area contributed by atoms with E-state index in [0.717, 1.165) is 0 Å². The Labute approximate surface area is 149 Å². The molecule has 0 aliphatic heterocycles. The zero-order valence-corrected chi connectivity index (χ0v) is 16.6. The lowest BCUT2D eigenvalue weighted by Gasteiger charge is -2.18. The quantitative estimate of drug-likeness (QED) is 0.502. The number of hydrogen-bond acceptors (Lipinski definition) is 0. The van der Waals surface area contributed by atoms with Gasteiger partial charge in [-0.2, -0.15) is 0 Å². The third kappa shape index (κ3) is 4.29. The first-order chi connectivity index (χ1) is 11.5. The molecule has 0 N–H and O–H groups in total. The maximum atomic E-state index is 2.43. The van der Waals surface area contributed by atoms with Crippen molar-refractivity contribution < 1.29 is 0 Å². The minimum atomic E-state index is 1.19. The Kier molecular flexibility index (Phi) is 6.66. The van der Waals surface area contributed by atoms with E-state index in [0.29, 0.717) is 0 Å². The molecule has 2 aromatic rings. The molecule has 2 rings (SSSR count). The van der Waals surface area contributed by atoms with Crippen LogP contribution in [0.2, 0.25) is 0 Å². The summed E-state index contributed by atoms with van der Waals surface area (Å²) in [5.41, 5.74) is 11.7. The smallest absolute Gasteiger partial charge is 0.0146 e. The molecule has 0 fully saturated rings. The molecule has 0 unspecified atom stereocenters. The van der Waals surface area contributed by atoms with Crippen molar-refractivity contribution in [1.29, 1.82) is 0 Å². The second-order valence-corrected chi connectivity index (χ2v) is 7.39. The van der Waals surface area contributed by atoms with Crippen molar-refractivity contribution in [2.45, 2.75) is 80.1 Å². The van der Waals surface area contributed by atoms with E-state index in [1.165, 1.54) is 83.0 Å². The molecule has 130 valence electrons. The fourth-order valence-corrected chi connectivity index (χ4v) is 3.40. The van der Waals surface area contributed by atoms with Crippen LogP contribution < -0.4 is 0 Å². The Morgan fingerprint density at radius 1 is 0.542 bits per heavy atom. The molecule has 0 heteroatoms. The fraction of sp³-hybridized carbons (Fsp3) is 0.500. The second kappa shape index (κ2) is 8.51. The maximum Gasteiger partial charge on any atom is -0.0146 e. The van der Waals surface area contributed by atoms with E-state index >= 15 is 0 Å². The Morgan fingerprint density at radius 3 is 1.21 bits per heavy atom. The molecule has 0 heterocycles. The van der Waals surface area contributed by atoms with Gasteiger partial charge >= 0.3 is 0 Å². The number of aryl methyl sites for hydroxylation is 6. The monoisotopic (exact) mass is 322 g/mol. The summed E-state index contributed by atoms with van der Waals surface area (Å²) in [7, 11) is 0. The van der Waals surface area contributed by atoms with Gasteiger partial charge in [-0.1, -0.05) is 51.0 Å². The van der Waals surface area contributed by atoms with Crippen molar-refractivity contribution in [2.24, 2.45) is 0 Å². The van der Waals surface area contributed by atoms with Gasteiger partial charge < -0.3 is 0 Å². The van der Waals surface area contributed by atoms with Gasteiger partial charge in [0.2, 0.25) is 0 Å². The van der Waals surface area contributed by atoms with Crippen LogP contribution in [0.3, 0.4) is 0 Å². The summed E-state index contributed by atoms with van der Waals surface area (Å²) >= 11 is 0. The van der Waals surface area contributed by atoms with Crippen LogP contribution in [0.15, 0.2) is 24.3 Å². The second-order valence-electron chi connectivity index (χ2n) is 7.39. The van der Waals surface area contributed by atoms with Gasteiger partial charge in [0.1, 0.15) is 0 Å². The highest BCUT2D eigenvalue weighted by molar-refractivity contribution is 5.73. The molecule has 0 bridgehead atoms. The SMILES string of the molecule is CCCCc1cc(C)c(C)cc1-c1cc(C)c(C)cc1CCCC. The molecular formula is C24H34. The van der Waals surface area contributed by atoms with Crippen molar-refractivity contribution in [2.75, 3.05) is 0 Å². The molecule has 0 amide bonds. The molecule has 0 atom stereocenters. The van der Waals surface area contributed by atoms with E-state index in [1.807, 2.05) is 0 Å². The molecule has 0 aliphatic carbocycles. The van der Waals surface area contributed by atoms with Crippen LogP contribution in [0.1, 0.15) is 72.9 Å². The average Bonchev–Trinajstić information content (AvgIpc) is 2.56. The van der Waals surface area contributed by atoms with E-state index in [-0.39, 0.29) is 0 Å². The van der Waals surface area contributed by atoms with Crippen LogP contribution in [-0.2, 0) is 12.8 Å². The van der Waals surface area contributed by atoms with Crippen LogP contribution in [0, 0.1) is 27.7 Å². The highest BCUT2D eigenvalue weighted by Crippen LogP contribution is 2.33. The average molecular weight is 323 g/mol. The molecular weight excluding hydrogens is 288 g/mol. The normalized spacial score (nSPS) is 11.1. The van der Waals surface area contributed by atoms with Crippen molar-refractivity contribution in [3.8, 4) is 11.1 Å². The summed E-state index contributed by atoms with van der Waals surface area (Å²) in [6.45, 7) is 13.5. The molecule has 0 saturated heterocycles. The van der Waals surface area contributed by atoms with E-state index in [4.69, 9.17) is 0 Å². The van der Waals surface area contributed by atoms with Gasteiger partial charge in [0, 0.05) is 0 Å². The first kappa shape index (κ1) is 18.8. The first-order valence-electron chi connectivity index (χ1n) is 9.68. The molecule has 0 aliphatic rings. The molecule has 24 heavy (non-hydrogen) atoms. The Balaban J connectivity index is 2.60. The van der Waals surface area contributed by atoms with Crippen LogP contribution in [0.5, 0.6) is 0 Å². The molecule has 0 nitrogen and oxygen atoms in total. The van der Waals surface area contributed by atoms with Crippen molar-refractivity contribution in [1.82, 2.24) is 0 Å². The lowest BCUT2D eigenvalue weighted by molar-refractivity contribution is 0.790. The molecule has 0 spiro atoms. The van der Waals surface area contributed by atoms with Gasteiger partial charge in [0.25, 0.3) is 0 Å². The third-order valence-corrected chi connectivity index (χ3v) is 5.33. The maximum absolute atomic E-state index is 2.43. The fourth-order valence-electron chi connectivity index (χ4n) is 3.40. The van der Waals surface area contributed by atoms with E-state index in [1.54, 1.807) is 0 Å². The van der Waals surface area contributed by atoms with Gasteiger partial charge in [0.05, 0.1) is 0 Å². The predicted octanol–water partition coefficient (Wildman–Crippen LogP) is 7.27. The van der Waals surface area contributed by atoms with Crippen LogP contribution in [-0.4, -0.2) is 0 Å². The van der Waals surface area contributed by atoms with Crippen molar-refractivity contribution in [3.63, 3.8) is 0 Å². The summed E-state index contributed by atoms with van der Waals surface area (Å²) in [5, 5.41) is 0. The highest BCUT2D eigenvalue weighted by atomic mass is 14.2. The van der Waals surface area contributed by atoms with E-state index in [2.05, 4.69) is 65.8 Å². The van der Waals surface area contributed by atoms with Crippen molar-refractivity contribution >= 4 is 0 Å². The van der Waals surface area contributed by atoms with Crippen molar-refractivity contribution in [3.05, 3.63) is 57.6 Å². The van der Waals surface area contributed by atoms with Gasteiger partial charge in [-0.25, -0.2) is 0 Å². The molecule has 2 aromatic carbocycles. The number of rotatable bonds is 7. The largest absolute Gasteiger partial charge is 0.0654 e. The zero-order valence-electron chi connectivity index (χ0n) is 16.6. The lowest BCUT2D eigenvalue weighted by atomic mass is 9.86. The van der Waals surface area contributed by atoms with Gasteiger partial charge in [0.15, 0.2) is 0 Å². The Bertz CT molecular complexity index is 630. The molecule has 0 aromatic heterocycles. The summed E-state index contributed by atoms with van der Waals surface area (Å²) in [6, 6.07) is 9.72. The topological polar surface area (TPSA) is 0 Å². The standard InChI is InChI=1S/C24H34/c1-7-9-11-21-13-17(3)19(5)15-23(21)24-16-20(6)18(4)14-22(24)12-10-8-2/h13-16H,7-12H2,1-6H3. The van der Waals surface area contributed by atoms with Gasteiger partial charge in [-0.15, -0.1) is 0 Å².